The summed E-state index contributed by atoms with van der Waals surface area (Å²) in [6.07, 6.45) is 2.21. The molecule has 1 unspecified atom stereocenters. The molecule has 0 spiro atoms. The molecular weight excluding hydrogens is 192 g/mol. The Kier molecular flexibility index (Phi) is 3.47. The van der Waals surface area contributed by atoms with E-state index in [1.165, 1.54) is 6.33 Å². The van der Waals surface area contributed by atoms with Gasteiger partial charge in [0.15, 0.2) is 0 Å². The molecule has 1 aromatic heterocycles. The third-order valence-corrected chi connectivity index (χ3v) is 2.67. The first-order chi connectivity index (χ1) is 7.02. The average Bonchev–Trinajstić information content (AvgIpc) is 2.25. The van der Waals surface area contributed by atoms with Crippen molar-refractivity contribution in [1.29, 1.82) is 0 Å². The van der Waals surface area contributed by atoms with Gasteiger partial charge in [-0.05, 0) is 20.3 Å². The number of hydrogen-bond donors (Lipinski definition) is 3. The molecule has 0 bridgehead atoms. The number of nitrogens with two attached hydrogens (primary N) is 1. The largest absolute Gasteiger partial charge is 0.394 e. The minimum absolute atomic E-state index is 0.0485. The van der Waals surface area contributed by atoms with Crippen molar-refractivity contribution in [2.24, 2.45) is 0 Å². The summed E-state index contributed by atoms with van der Waals surface area (Å²) < 4.78 is 0. The van der Waals surface area contributed by atoms with E-state index >= 15 is 0 Å². The SMILES string of the molecule is CCC(C)(CO)Nc1ncnc(N)c1C. The van der Waals surface area contributed by atoms with Crippen LogP contribution in [0.4, 0.5) is 11.6 Å². The molecule has 0 aliphatic heterocycles. The van der Waals surface area contributed by atoms with E-state index in [1.807, 2.05) is 20.8 Å². The van der Waals surface area contributed by atoms with E-state index in [0.29, 0.717) is 11.6 Å². The zero-order valence-corrected chi connectivity index (χ0v) is 9.41. The Morgan fingerprint density at radius 2 is 2.20 bits per heavy atom. The molecule has 15 heavy (non-hydrogen) atoms. The van der Waals surface area contributed by atoms with E-state index in [2.05, 4.69) is 15.3 Å². The predicted molar refractivity (Wildman–Crippen MR) is 60.6 cm³/mol. The molecule has 0 amide bonds. The molecule has 1 atom stereocenters. The Bertz CT molecular complexity index is 336. The van der Waals surface area contributed by atoms with Crippen LogP contribution < -0.4 is 11.1 Å². The molecule has 5 heteroatoms. The molecule has 0 fully saturated rings. The lowest BCUT2D eigenvalue weighted by atomic mass is 10.00. The summed E-state index contributed by atoms with van der Waals surface area (Å²) in [4.78, 5) is 7.99. The van der Waals surface area contributed by atoms with E-state index in [4.69, 9.17) is 5.73 Å². The van der Waals surface area contributed by atoms with E-state index in [-0.39, 0.29) is 12.1 Å². The van der Waals surface area contributed by atoms with Gasteiger partial charge in [-0.15, -0.1) is 0 Å². The summed E-state index contributed by atoms with van der Waals surface area (Å²) in [5.74, 6) is 1.14. The van der Waals surface area contributed by atoms with Crippen molar-refractivity contribution in [2.75, 3.05) is 17.7 Å². The van der Waals surface area contributed by atoms with Crippen LogP contribution in [-0.2, 0) is 0 Å². The molecule has 1 heterocycles. The number of hydrogen-bond acceptors (Lipinski definition) is 5. The van der Waals surface area contributed by atoms with Gasteiger partial charge in [0.05, 0.1) is 12.1 Å². The van der Waals surface area contributed by atoms with Crippen molar-refractivity contribution in [2.45, 2.75) is 32.7 Å². The lowest BCUT2D eigenvalue weighted by Gasteiger charge is -2.28. The van der Waals surface area contributed by atoms with Crippen LogP contribution >= 0.6 is 0 Å². The lowest BCUT2D eigenvalue weighted by molar-refractivity contribution is 0.218. The predicted octanol–water partition coefficient (Wildman–Crippen LogP) is 0.940. The number of aliphatic hydroxyl groups excluding tert-OH is 1. The van der Waals surface area contributed by atoms with Gasteiger partial charge in [-0.2, -0.15) is 0 Å². The molecule has 0 saturated carbocycles. The van der Waals surface area contributed by atoms with Gasteiger partial charge >= 0.3 is 0 Å². The summed E-state index contributed by atoms with van der Waals surface area (Å²) in [6, 6.07) is 0. The van der Waals surface area contributed by atoms with Crippen LogP contribution in [0.5, 0.6) is 0 Å². The maximum Gasteiger partial charge on any atom is 0.134 e. The second-order valence-electron chi connectivity index (χ2n) is 3.93. The quantitative estimate of drug-likeness (QED) is 0.688. The Morgan fingerprint density at radius 3 is 2.73 bits per heavy atom. The second-order valence-corrected chi connectivity index (χ2v) is 3.93. The van der Waals surface area contributed by atoms with Gasteiger partial charge in [0.25, 0.3) is 0 Å². The van der Waals surface area contributed by atoms with E-state index in [1.54, 1.807) is 0 Å². The number of aromatic nitrogens is 2. The Hall–Kier alpha value is -1.36. The molecule has 5 nitrogen and oxygen atoms in total. The van der Waals surface area contributed by atoms with Gasteiger partial charge in [-0.3, -0.25) is 0 Å². The van der Waals surface area contributed by atoms with Crippen LogP contribution in [0.1, 0.15) is 25.8 Å². The maximum atomic E-state index is 9.27. The standard InChI is InChI=1S/C10H18N4O/c1-4-10(3,5-15)14-9-7(2)8(11)12-6-13-9/h6,15H,4-5H2,1-3H3,(H3,11,12,13,14). The molecule has 4 N–H and O–H groups in total. The highest BCUT2D eigenvalue weighted by Gasteiger charge is 2.22. The molecule has 84 valence electrons. The Labute approximate surface area is 89.7 Å². The van der Waals surface area contributed by atoms with Crippen molar-refractivity contribution < 1.29 is 5.11 Å². The molecule has 1 aromatic rings. The van der Waals surface area contributed by atoms with Crippen LogP contribution in [0.3, 0.4) is 0 Å². The van der Waals surface area contributed by atoms with Crippen LogP contribution in [-0.4, -0.2) is 27.2 Å². The van der Waals surface area contributed by atoms with Crippen molar-refractivity contribution in [3.8, 4) is 0 Å². The summed E-state index contributed by atoms with van der Waals surface area (Å²) in [5, 5.41) is 12.5. The van der Waals surface area contributed by atoms with Crippen molar-refractivity contribution in [3.63, 3.8) is 0 Å². The number of nitrogens with one attached hydrogen (secondary N) is 1. The van der Waals surface area contributed by atoms with Crippen molar-refractivity contribution >= 4 is 11.6 Å². The normalized spacial score (nSPS) is 14.7. The summed E-state index contributed by atoms with van der Waals surface area (Å²) >= 11 is 0. The summed E-state index contributed by atoms with van der Waals surface area (Å²) in [5.41, 5.74) is 6.11. The molecular formula is C10H18N4O. The zero-order valence-electron chi connectivity index (χ0n) is 9.41. The molecule has 0 aromatic carbocycles. The van der Waals surface area contributed by atoms with Gasteiger partial charge < -0.3 is 16.2 Å². The molecule has 0 aliphatic carbocycles. The Balaban J connectivity index is 2.94. The average molecular weight is 210 g/mol. The third-order valence-electron chi connectivity index (χ3n) is 2.67. The number of nitrogen functional groups attached to an aromatic ring is 1. The van der Waals surface area contributed by atoms with Crippen molar-refractivity contribution in [3.05, 3.63) is 11.9 Å². The van der Waals surface area contributed by atoms with Gasteiger partial charge in [0.2, 0.25) is 0 Å². The van der Waals surface area contributed by atoms with Crippen LogP contribution in [0.15, 0.2) is 6.33 Å². The molecule has 0 radical (unpaired) electrons. The molecule has 1 rings (SSSR count). The maximum absolute atomic E-state index is 9.27. The highest BCUT2D eigenvalue weighted by Crippen LogP contribution is 2.21. The van der Waals surface area contributed by atoms with Gasteiger partial charge in [0.1, 0.15) is 18.0 Å². The fourth-order valence-corrected chi connectivity index (χ4v) is 1.12. The number of nitrogens with zero attached hydrogens (tertiary/aromatic N) is 2. The number of rotatable bonds is 4. The first-order valence-corrected chi connectivity index (χ1v) is 4.98. The van der Waals surface area contributed by atoms with Crippen LogP contribution in [0, 0.1) is 6.92 Å². The monoisotopic (exact) mass is 210 g/mol. The molecule has 0 aliphatic rings. The highest BCUT2D eigenvalue weighted by molar-refractivity contribution is 5.54. The first kappa shape index (κ1) is 11.7. The first-order valence-electron chi connectivity index (χ1n) is 4.98. The van der Waals surface area contributed by atoms with Gasteiger partial charge in [0, 0.05) is 5.56 Å². The van der Waals surface area contributed by atoms with E-state index in [0.717, 1.165) is 12.0 Å². The topological polar surface area (TPSA) is 84.1 Å². The number of aliphatic hydroxyl groups is 1. The van der Waals surface area contributed by atoms with Crippen LogP contribution in [0.25, 0.3) is 0 Å². The number of anilines is 2. The summed E-state index contributed by atoms with van der Waals surface area (Å²) in [7, 11) is 0. The van der Waals surface area contributed by atoms with E-state index in [9.17, 15) is 5.11 Å². The highest BCUT2D eigenvalue weighted by atomic mass is 16.3. The minimum atomic E-state index is -0.369. The fourth-order valence-electron chi connectivity index (χ4n) is 1.12. The fraction of sp³-hybridized carbons (Fsp3) is 0.600. The van der Waals surface area contributed by atoms with Gasteiger partial charge in [-0.1, -0.05) is 6.92 Å². The Morgan fingerprint density at radius 1 is 1.53 bits per heavy atom. The zero-order chi connectivity index (χ0) is 11.5. The summed E-state index contributed by atoms with van der Waals surface area (Å²) in [6.45, 7) is 5.84. The van der Waals surface area contributed by atoms with Gasteiger partial charge in [-0.25, -0.2) is 9.97 Å². The van der Waals surface area contributed by atoms with Crippen LogP contribution in [0.2, 0.25) is 0 Å². The minimum Gasteiger partial charge on any atom is -0.394 e. The smallest absolute Gasteiger partial charge is 0.134 e. The second kappa shape index (κ2) is 4.44. The third kappa shape index (κ3) is 2.56. The lowest BCUT2D eigenvalue weighted by Crippen LogP contribution is -2.38. The van der Waals surface area contributed by atoms with E-state index < -0.39 is 0 Å². The van der Waals surface area contributed by atoms with Crippen molar-refractivity contribution in [1.82, 2.24) is 9.97 Å². The molecule has 0 saturated heterocycles.